The molecule has 1 aliphatic heterocycles. The van der Waals surface area contributed by atoms with Crippen molar-refractivity contribution in [2.75, 3.05) is 13.2 Å². The van der Waals surface area contributed by atoms with Crippen LogP contribution >= 0.6 is 0 Å². The van der Waals surface area contributed by atoms with Crippen LogP contribution in [-0.4, -0.2) is 24.3 Å². The number of carboxylic acids is 1. The highest BCUT2D eigenvalue weighted by Crippen LogP contribution is 2.43. The molecule has 1 aliphatic rings. The van der Waals surface area contributed by atoms with Gasteiger partial charge in [-0.2, -0.15) is 0 Å². The van der Waals surface area contributed by atoms with E-state index < -0.39 is 11.8 Å². The molecule has 0 aliphatic carbocycles. The zero-order chi connectivity index (χ0) is 15.2. The quantitative estimate of drug-likeness (QED) is 0.374. The number of benzene rings is 1. The normalized spacial score (nSPS) is 12.8. The topological polar surface area (TPSA) is 105 Å². The lowest BCUT2D eigenvalue weighted by Gasteiger charge is -2.11. The largest absolute Gasteiger partial charge is 0.493 e. The monoisotopic (exact) mass is 282 g/mol. The van der Waals surface area contributed by atoms with Gasteiger partial charge < -0.3 is 14.6 Å². The van der Waals surface area contributed by atoms with Gasteiger partial charge in [0, 0.05) is 29.4 Å². The Morgan fingerprint density at radius 1 is 1.75 bits per heavy atom. The average molecular weight is 282 g/mol. The van der Waals surface area contributed by atoms with Crippen molar-refractivity contribution in [3.05, 3.63) is 27.9 Å². The molecule has 0 radical (unpaired) electrons. The van der Waals surface area contributed by atoms with Gasteiger partial charge in [0.1, 0.15) is 23.0 Å². The highest BCUT2D eigenvalue weighted by molar-refractivity contribution is 5.66. The Labute approximate surface area is 115 Å². The maximum absolute atomic E-state index is 13.9. The number of ether oxygens (including phenoxy) is 2. The van der Waals surface area contributed by atoms with Crippen molar-refractivity contribution >= 4 is 11.7 Å². The molecule has 1 aromatic carbocycles. The van der Waals surface area contributed by atoms with Crippen molar-refractivity contribution in [2.24, 2.45) is 5.11 Å². The minimum absolute atomic E-state index is 0.0431. The zero-order valence-corrected chi connectivity index (χ0v) is 10.5. The summed E-state index contributed by atoms with van der Waals surface area (Å²) in [5.41, 5.74) is 8.91. The number of azide groups is 1. The molecule has 0 saturated heterocycles. The van der Waals surface area contributed by atoms with Crippen LogP contribution in [0.3, 0.4) is 0 Å². The molecule has 0 spiro atoms. The van der Waals surface area contributed by atoms with E-state index in [9.17, 15) is 9.18 Å². The van der Waals surface area contributed by atoms with Crippen molar-refractivity contribution < 1.29 is 23.8 Å². The Balaban J connectivity index is 2.11. The van der Waals surface area contributed by atoms with E-state index in [1.54, 1.807) is 0 Å². The minimum atomic E-state index is -0.728. The standard InChI is InChI=1S/C12H12FN3O4/c13-8-6-9(19-4-1-2-10(17)18)7-3-5-20-12(7)11(8)15-16-14/h6H,1-5H2,(H,17,18)/i/hD. The number of fused-ring (bicyclic) bond motifs is 1. The first-order valence-electron chi connectivity index (χ1n) is 6.40. The molecule has 1 N–H and O–H groups in total. The Bertz CT molecular complexity index is 605. The molecule has 2 rings (SSSR count). The Morgan fingerprint density at radius 2 is 2.60 bits per heavy atom. The first kappa shape index (κ1) is 12.6. The third kappa shape index (κ3) is 2.92. The zero-order valence-electron chi connectivity index (χ0n) is 11.5. The summed E-state index contributed by atoms with van der Waals surface area (Å²) >= 11 is 0. The fraction of sp³-hybridized carbons (Fsp3) is 0.417. The molecule has 20 heavy (non-hydrogen) atoms. The van der Waals surface area contributed by atoms with Crippen molar-refractivity contribution in [1.82, 2.24) is 0 Å². The lowest BCUT2D eigenvalue weighted by atomic mass is 10.1. The van der Waals surface area contributed by atoms with Crippen LogP contribution in [0.25, 0.3) is 11.9 Å². The van der Waals surface area contributed by atoms with Crippen molar-refractivity contribution in [3.63, 3.8) is 0 Å². The van der Waals surface area contributed by atoms with E-state index in [1.165, 1.54) is 0 Å². The molecule has 0 fully saturated rings. The second kappa shape index (κ2) is 6.12. The number of rotatable bonds is 6. The van der Waals surface area contributed by atoms with Crippen LogP contribution in [0.4, 0.5) is 10.1 Å². The van der Waals surface area contributed by atoms with Gasteiger partial charge in [0.2, 0.25) is 0 Å². The lowest BCUT2D eigenvalue weighted by molar-refractivity contribution is -0.137. The van der Waals surface area contributed by atoms with Gasteiger partial charge in [0.15, 0.2) is 0 Å². The molecule has 0 aromatic heterocycles. The van der Waals surface area contributed by atoms with Gasteiger partial charge in [-0.25, -0.2) is 4.39 Å². The molecule has 8 heteroatoms. The smallest absolute Gasteiger partial charge is 0.303 e. The number of carboxylic acid groups (broad SMARTS) is 1. The number of hydrogen-bond donors (Lipinski definition) is 1. The summed E-state index contributed by atoms with van der Waals surface area (Å²) in [6.07, 6.45) is 0.905. The van der Waals surface area contributed by atoms with Crippen LogP contribution in [0, 0.1) is 5.82 Å². The lowest BCUT2D eigenvalue weighted by Crippen LogP contribution is -2.03. The van der Waals surface area contributed by atoms with E-state index in [1.807, 2.05) is 0 Å². The molecule has 1 heterocycles. The number of carbonyl (C=O) groups is 1. The predicted molar refractivity (Wildman–Crippen MR) is 66.8 cm³/mol. The highest BCUT2D eigenvalue weighted by Gasteiger charge is 2.24. The van der Waals surface area contributed by atoms with Gasteiger partial charge in [-0.1, -0.05) is 5.11 Å². The van der Waals surface area contributed by atoms with E-state index in [-0.39, 0.29) is 24.5 Å². The molecule has 7 nitrogen and oxygen atoms in total. The van der Waals surface area contributed by atoms with Crippen LogP contribution < -0.4 is 9.47 Å². The van der Waals surface area contributed by atoms with E-state index in [0.717, 1.165) is 6.07 Å². The van der Waals surface area contributed by atoms with E-state index in [0.29, 0.717) is 30.8 Å². The van der Waals surface area contributed by atoms with Crippen LogP contribution in [-0.2, 0) is 11.2 Å². The third-order valence-electron chi connectivity index (χ3n) is 2.80. The van der Waals surface area contributed by atoms with Gasteiger partial charge in [-0.05, 0) is 12.0 Å². The summed E-state index contributed by atoms with van der Waals surface area (Å²) in [6.45, 7) is 0.524. The molecular weight excluding hydrogens is 269 g/mol. The fourth-order valence-electron chi connectivity index (χ4n) is 1.95. The third-order valence-corrected chi connectivity index (χ3v) is 2.80. The van der Waals surface area contributed by atoms with Crippen LogP contribution in [0.5, 0.6) is 11.5 Å². The summed E-state index contributed by atoms with van der Waals surface area (Å²) in [6, 6.07) is 1.14. The first-order valence-corrected chi connectivity index (χ1v) is 5.99. The predicted octanol–water partition coefficient (Wildman–Crippen LogP) is 2.95. The maximum atomic E-state index is 13.9. The second-order valence-electron chi connectivity index (χ2n) is 4.12. The molecule has 0 atom stereocenters. The summed E-state index contributed by atoms with van der Waals surface area (Å²) in [5.74, 6) is -0.879. The SMILES string of the molecule is [2H]OC(=O)CCCOc1cc(F)c(N=[N+]=[N-])c2c1CCO2. The Hall–Kier alpha value is -2.47. The molecule has 1 aromatic rings. The van der Waals surface area contributed by atoms with Crippen LogP contribution in [0.15, 0.2) is 11.2 Å². The maximum Gasteiger partial charge on any atom is 0.303 e. The van der Waals surface area contributed by atoms with Crippen molar-refractivity contribution in [2.45, 2.75) is 19.3 Å². The van der Waals surface area contributed by atoms with Gasteiger partial charge in [0.05, 0.1) is 13.2 Å². The van der Waals surface area contributed by atoms with E-state index in [4.69, 9.17) is 16.4 Å². The Kier molecular flexibility index (Phi) is 3.84. The van der Waals surface area contributed by atoms with Crippen LogP contribution in [0.2, 0.25) is 0 Å². The molecule has 0 bridgehead atoms. The van der Waals surface area contributed by atoms with E-state index >= 15 is 0 Å². The first-order chi connectivity index (χ1) is 10.2. The molecule has 0 saturated carbocycles. The highest BCUT2D eigenvalue weighted by atomic mass is 19.1. The summed E-state index contributed by atoms with van der Waals surface area (Å²) in [5, 5.41) is 7.06. The average Bonchev–Trinajstić information content (AvgIpc) is 2.96. The van der Waals surface area contributed by atoms with Gasteiger partial charge in [-0.3, -0.25) is 4.79 Å². The summed E-state index contributed by atoms with van der Waals surface area (Å²) in [4.78, 5) is 13.4. The van der Waals surface area contributed by atoms with Crippen molar-refractivity contribution in [3.8, 4) is 11.5 Å². The second-order valence-corrected chi connectivity index (χ2v) is 4.12. The van der Waals surface area contributed by atoms with Crippen LogP contribution in [0.1, 0.15) is 18.4 Å². The molecular formula is C12H12FN3O4. The van der Waals surface area contributed by atoms with Gasteiger partial charge >= 0.3 is 5.97 Å². The van der Waals surface area contributed by atoms with Gasteiger partial charge in [-0.15, -0.1) is 0 Å². The number of halogens is 1. The minimum Gasteiger partial charge on any atom is -0.493 e. The van der Waals surface area contributed by atoms with Gasteiger partial charge in [0.25, 0.3) is 1.43 Å². The van der Waals surface area contributed by atoms with Crippen molar-refractivity contribution in [1.29, 1.82) is 1.43 Å². The number of nitrogens with zero attached hydrogens (tertiary/aromatic N) is 3. The van der Waals surface area contributed by atoms with E-state index in [2.05, 4.69) is 15.1 Å². The molecule has 106 valence electrons. The Morgan fingerprint density at radius 3 is 3.35 bits per heavy atom. The number of aliphatic carboxylic acids is 1. The summed E-state index contributed by atoms with van der Waals surface area (Å²) in [7, 11) is 0. The fourth-order valence-corrected chi connectivity index (χ4v) is 1.95. The number of hydrogen-bond acceptors (Lipinski definition) is 5. The molecule has 0 amide bonds. The summed E-state index contributed by atoms with van der Waals surface area (Å²) < 4.78 is 31.0. The molecule has 0 unspecified atom stereocenters.